The number of carbonyl (C=O) groups excluding carboxylic acids is 1. The molecule has 0 saturated heterocycles. The Balaban J connectivity index is 1.77. The molecule has 2 aromatic heterocycles. The van der Waals surface area contributed by atoms with E-state index >= 15 is 0 Å². The van der Waals surface area contributed by atoms with Crippen molar-refractivity contribution >= 4 is 28.2 Å². The van der Waals surface area contributed by atoms with Crippen LogP contribution in [-0.4, -0.2) is 15.8 Å². The topological polar surface area (TPSA) is 98.3 Å². The molecule has 4 aromatic rings. The number of non-ortho nitro benzene ring substituents is 1. The molecule has 2 aromatic carbocycles. The molecule has 2 heterocycles. The van der Waals surface area contributed by atoms with E-state index in [4.69, 9.17) is 4.42 Å². The third-order valence-electron chi connectivity index (χ3n) is 4.05. The lowest BCUT2D eigenvalue weighted by Gasteiger charge is -2.09. The van der Waals surface area contributed by atoms with Crippen LogP contribution in [0.15, 0.2) is 77.4 Å². The highest BCUT2D eigenvalue weighted by Crippen LogP contribution is 2.26. The van der Waals surface area contributed by atoms with Crippen molar-refractivity contribution in [2.24, 2.45) is 0 Å². The number of hydrogen-bond donors (Lipinski definition) is 1. The molecule has 0 fully saturated rings. The monoisotopic (exact) mass is 359 g/mol. The van der Waals surface area contributed by atoms with Gasteiger partial charge in [0.05, 0.1) is 22.3 Å². The van der Waals surface area contributed by atoms with Crippen molar-refractivity contribution in [3.8, 4) is 11.5 Å². The lowest BCUT2D eigenvalue weighted by atomic mass is 10.1. The van der Waals surface area contributed by atoms with Crippen LogP contribution in [-0.2, 0) is 0 Å². The summed E-state index contributed by atoms with van der Waals surface area (Å²) in [6, 6.07) is 18.2. The van der Waals surface area contributed by atoms with Crippen LogP contribution in [0.5, 0.6) is 0 Å². The number of nitrogens with zero attached hydrogens (tertiary/aromatic N) is 2. The van der Waals surface area contributed by atoms with Gasteiger partial charge in [-0.1, -0.05) is 24.3 Å². The van der Waals surface area contributed by atoms with E-state index < -0.39 is 4.92 Å². The Morgan fingerprint density at radius 2 is 1.89 bits per heavy atom. The zero-order valence-electron chi connectivity index (χ0n) is 14.0. The zero-order valence-corrected chi connectivity index (χ0v) is 14.0. The van der Waals surface area contributed by atoms with E-state index in [1.165, 1.54) is 24.5 Å². The molecule has 0 atom stereocenters. The third-order valence-corrected chi connectivity index (χ3v) is 4.05. The molecule has 0 aliphatic carbocycles. The summed E-state index contributed by atoms with van der Waals surface area (Å²) in [5, 5.41) is 14.3. The highest BCUT2D eigenvalue weighted by molar-refractivity contribution is 6.13. The van der Waals surface area contributed by atoms with Crippen LogP contribution in [0.2, 0.25) is 0 Å². The zero-order chi connectivity index (χ0) is 18.8. The first kappa shape index (κ1) is 16.5. The number of nitro groups is 1. The van der Waals surface area contributed by atoms with Crippen molar-refractivity contribution in [2.75, 3.05) is 5.32 Å². The van der Waals surface area contributed by atoms with Gasteiger partial charge in [0, 0.05) is 23.2 Å². The van der Waals surface area contributed by atoms with E-state index in [0.717, 1.165) is 0 Å². The molecule has 132 valence electrons. The maximum Gasteiger partial charge on any atom is 0.271 e. The summed E-state index contributed by atoms with van der Waals surface area (Å²) in [6.07, 6.45) is 1.54. The molecule has 1 amide bonds. The normalized spacial score (nSPS) is 10.7. The van der Waals surface area contributed by atoms with Crippen LogP contribution in [0, 0.1) is 10.1 Å². The summed E-state index contributed by atoms with van der Waals surface area (Å²) >= 11 is 0. The fourth-order valence-electron chi connectivity index (χ4n) is 2.81. The first-order chi connectivity index (χ1) is 13.1. The number of anilines is 1. The Kier molecular flexibility index (Phi) is 4.10. The summed E-state index contributed by atoms with van der Waals surface area (Å²) in [5.74, 6) is 0.159. The molecule has 0 unspecified atom stereocenters. The van der Waals surface area contributed by atoms with Gasteiger partial charge in [-0.3, -0.25) is 14.9 Å². The molecule has 4 rings (SSSR count). The molecule has 0 radical (unpaired) electrons. The molecular formula is C20H13N3O4. The Bertz CT molecular complexity index is 1150. The van der Waals surface area contributed by atoms with Crippen molar-refractivity contribution < 1.29 is 14.1 Å². The highest BCUT2D eigenvalue weighted by atomic mass is 16.6. The van der Waals surface area contributed by atoms with Gasteiger partial charge in [-0.15, -0.1) is 0 Å². The summed E-state index contributed by atoms with van der Waals surface area (Å²) in [5.41, 5.74) is 1.83. The summed E-state index contributed by atoms with van der Waals surface area (Å²) in [6.45, 7) is 0. The number of hydrogen-bond acceptors (Lipinski definition) is 5. The number of amides is 1. The smallest absolute Gasteiger partial charge is 0.271 e. The minimum Gasteiger partial charge on any atom is -0.463 e. The second-order valence-electron chi connectivity index (χ2n) is 5.81. The average molecular weight is 359 g/mol. The van der Waals surface area contributed by atoms with E-state index in [9.17, 15) is 14.9 Å². The lowest BCUT2D eigenvalue weighted by molar-refractivity contribution is -0.384. The highest BCUT2D eigenvalue weighted by Gasteiger charge is 2.16. The van der Waals surface area contributed by atoms with E-state index in [0.29, 0.717) is 33.6 Å². The van der Waals surface area contributed by atoms with E-state index in [1.807, 2.05) is 18.2 Å². The SMILES string of the molecule is O=C(Nc1cccc([N+](=O)[O-])c1)c1cc(-c2ccco2)nc2ccccc12. The Morgan fingerprint density at radius 1 is 1.04 bits per heavy atom. The average Bonchev–Trinajstić information content (AvgIpc) is 3.22. The van der Waals surface area contributed by atoms with Crippen LogP contribution in [0.1, 0.15) is 10.4 Å². The molecule has 7 heteroatoms. The Morgan fingerprint density at radius 3 is 2.67 bits per heavy atom. The van der Waals surface area contributed by atoms with Crippen LogP contribution in [0.25, 0.3) is 22.4 Å². The van der Waals surface area contributed by atoms with E-state index in [1.54, 1.807) is 30.3 Å². The maximum absolute atomic E-state index is 12.9. The first-order valence-electron chi connectivity index (χ1n) is 8.11. The molecule has 7 nitrogen and oxygen atoms in total. The van der Waals surface area contributed by atoms with Gasteiger partial charge in [0.1, 0.15) is 5.69 Å². The van der Waals surface area contributed by atoms with Gasteiger partial charge in [0.15, 0.2) is 5.76 Å². The van der Waals surface area contributed by atoms with Crippen molar-refractivity contribution in [2.45, 2.75) is 0 Å². The largest absolute Gasteiger partial charge is 0.463 e. The van der Waals surface area contributed by atoms with Gasteiger partial charge >= 0.3 is 0 Å². The standard InChI is InChI=1S/C20H13N3O4/c24-20(21-13-5-3-6-14(11-13)23(25)26)16-12-18(19-9-4-10-27-19)22-17-8-2-1-7-15(16)17/h1-12H,(H,21,24). The predicted octanol–water partition coefficient (Wildman–Crippen LogP) is 4.66. The van der Waals surface area contributed by atoms with Gasteiger partial charge in [0.2, 0.25) is 0 Å². The van der Waals surface area contributed by atoms with Crippen LogP contribution >= 0.6 is 0 Å². The number of fused-ring (bicyclic) bond motifs is 1. The second kappa shape index (κ2) is 6.72. The van der Waals surface area contributed by atoms with Crippen LogP contribution < -0.4 is 5.32 Å². The molecule has 0 aliphatic rings. The minimum atomic E-state index is -0.507. The Labute approximate surface area is 153 Å². The van der Waals surface area contributed by atoms with Crippen molar-refractivity contribution in [3.63, 3.8) is 0 Å². The number of nitro benzene ring substituents is 1. The van der Waals surface area contributed by atoms with Crippen LogP contribution in [0.3, 0.4) is 0 Å². The lowest BCUT2D eigenvalue weighted by Crippen LogP contribution is -2.13. The number of aromatic nitrogens is 1. The van der Waals surface area contributed by atoms with Crippen molar-refractivity contribution in [3.05, 3.63) is 88.7 Å². The quantitative estimate of drug-likeness (QED) is 0.422. The number of benzene rings is 2. The van der Waals surface area contributed by atoms with E-state index in [2.05, 4.69) is 10.3 Å². The predicted molar refractivity (Wildman–Crippen MR) is 100 cm³/mol. The van der Waals surface area contributed by atoms with Crippen LogP contribution in [0.4, 0.5) is 11.4 Å². The Hall–Kier alpha value is -4.00. The summed E-state index contributed by atoms with van der Waals surface area (Å²) in [7, 11) is 0. The molecule has 0 bridgehead atoms. The fourth-order valence-corrected chi connectivity index (χ4v) is 2.81. The fraction of sp³-hybridized carbons (Fsp3) is 0. The molecule has 0 saturated carbocycles. The molecule has 27 heavy (non-hydrogen) atoms. The summed E-state index contributed by atoms with van der Waals surface area (Å²) in [4.78, 5) is 27.9. The molecule has 1 N–H and O–H groups in total. The summed E-state index contributed by atoms with van der Waals surface area (Å²) < 4.78 is 5.39. The number of nitrogens with one attached hydrogen (secondary N) is 1. The van der Waals surface area contributed by atoms with Gasteiger partial charge in [0.25, 0.3) is 11.6 Å². The number of pyridine rings is 1. The number of rotatable bonds is 4. The van der Waals surface area contributed by atoms with Crippen molar-refractivity contribution in [1.29, 1.82) is 0 Å². The number of para-hydroxylation sites is 1. The number of carbonyl (C=O) groups is 1. The first-order valence-corrected chi connectivity index (χ1v) is 8.11. The minimum absolute atomic E-state index is 0.0938. The third kappa shape index (κ3) is 3.25. The number of furan rings is 1. The van der Waals surface area contributed by atoms with Gasteiger partial charge in [-0.2, -0.15) is 0 Å². The molecular weight excluding hydrogens is 346 g/mol. The van der Waals surface area contributed by atoms with Crippen molar-refractivity contribution in [1.82, 2.24) is 4.98 Å². The maximum atomic E-state index is 12.9. The van der Waals surface area contributed by atoms with E-state index in [-0.39, 0.29) is 11.6 Å². The molecule has 0 spiro atoms. The van der Waals surface area contributed by atoms with Gasteiger partial charge in [-0.05, 0) is 30.3 Å². The van der Waals surface area contributed by atoms with Gasteiger partial charge < -0.3 is 9.73 Å². The van der Waals surface area contributed by atoms with Gasteiger partial charge in [-0.25, -0.2) is 4.98 Å². The molecule has 0 aliphatic heterocycles. The second-order valence-corrected chi connectivity index (χ2v) is 5.81.